The zero-order chi connectivity index (χ0) is 11.0. The normalized spacial score (nSPS) is 8.57. The molecule has 0 unspecified atom stereocenters. The molecule has 0 aromatic heterocycles. The molecule has 0 heterocycles. The van der Waals surface area contributed by atoms with E-state index in [4.69, 9.17) is 9.84 Å². The Balaban J connectivity index is 0.000000791. The average Bonchev–Trinajstić information content (AvgIpc) is 2.21. The van der Waals surface area contributed by atoms with Crippen molar-refractivity contribution in [1.29, 1.82) is 0 Å². The Hall–Kier alpha value is -1.35. The number of aliphatic hydroxyl groups excluding tert-OH is 1. The van der Waals surface area contributed by atoms with E-state index in [1.807, 2.05) is 13.8 Å². The maximum atomic E-state index is 10.5. The van der Waals surface area contributed by atoms with E-state index in [1.165, 1.54) is 6.92 Å². The standard InChI is InChI=1S/C9H10O3.C2H6/c1-7(11)12-9-4-2-8(6-10)3-5-9;1-2/h2-5,10H,6H2,1H3;1-2H3. The Morgan fingerprint density at radius 1 is 1.29 bits per heavy atom. The van der Waals surface area contributed by atoms with E-state index in [-0.39, 0.29) is 12.6 Å². The van der Waals surface area contributed by atoms with Gasteiger partial charge in [0.05, 0.1) is 6.61 Å². The van der Waals surface area contributed by atoms with Crippen molar-refractivity contribution in [2.45, 2.75) is 27.4 Å². The molecule has 0 radical (unpaired) electrons. The van der Waals surface area contributed by atoms with E-state index in [0.717, 1.165) is 5.56 Å². The van der Waals surface area contributed by atoms with Gasteiger partial charge in [-0.05, 0) is 17.7 Å². The van der Waals surface area contributed by atoms with Crippen LogP contribution in [0.25, 0.3) is 0 Å². The van der Waals surface area contributed by atoms with Crippen LogP contribution in [0.2, 0.25) is 0 Å². The number of benzene rings is 1. The van der Waals surface area contributed by atoms with Gasteiger partial charge in [-0.15, -0.1) is 0 Å². The molecule has 1 aromatic rings. The summed E-state index contributed by atoms with van der Waals surface area (Å²) in [6, 6.07) is 6.70. The minimum atomic E-state index is -0.341. The van der Waals surface area contributed by atoms with Crippen LogP contribution >= 0.6 is 0 Å². The van der Waals surface area contributed by atoms with E-state index >= 15 is 0 Å². The molecule has 0 fully saturated rings. The maximum Gasteiger partial charge on any atom is 0.308 e. The van der Waals surface area contributed by atoms with E-state index in [9.17, 15) is 4.79 Å². The lowest BCUT2D eigenvalue weighted by Crippen LogP contribution is -2.00. The molecular weight excluding hydrogens is 180 g/mol. The minimum absolute atomic E-state index is 0.000349. The first-order valence-corrected chi connectivity index (χ1v) is 4.60. The minimum Gasteiger partial charge on any atom is -0.427 e. The Kier molecular flexibility index (Phi) is 6.41. The molecule has 3 heteroatoms. The van der Waals surface area contributed by atoms with Gasteiger partial charge in [-0.1, -0.05) is 26.0 Å². The molecule has 1 rings (SSSR count). The highest BCUT2D eigenvalue weighted by Crippen LogP contribution is 2.11. The van der Waals surface area contributed by atoms with Crippen molar-refractivity contribution in [3.63, 3.8) is 0 Å². The van der Waals surface area contributed by atoms with Crippen LogP contribution in [0, 0.1) is 0 Å². The molecule has 0 saturated heterocycles. The van der Waals surface area contributed by atoms with Crippen LogP contribution in [-0.4, -0.2) is 11.1 Å². The third kappa shape index (κ3) is 4.62. The number of carbonyl (C=O) groups is 1. The van der Waals surface area contributed by atoms with Crippen LogP contribution in [-0.2, 0) is 11.4 Å². The van der Waals surface area contributed by atoms with Crippen molar-refractivity contribution >= 4 is 5.97 Å². The largest absolute Gasteiger partial charge is 0.427 e. The molecule has 0 aliphatic heterocycles. The van der Waals surface area contributed by atoms with Crippen molar-refractivity contribution in [2.24, 2.45) is 0 Å². The Labute approximate surface area is 84.3 Å². The zero-order valence-electron chi connectivity index (χ0n) is 8.78. The molecule has 0 spiro atoms. The predicted molar refractivity (Wildman–Crippen MR) is 55.0 cm³/mol. The van der Waals surface area contributed by atoms with E-state index in [0.29, 0.717) is 5.75 Å². The first-order chi connectivity index (χ1) is 6.72. The topological polar surface area (TPSA) is 46.5 Å². The number of ether oxygens (including phenoxy) is 1. The summed E-state index contributed by atoms with van der Waals surface area (Å²) in [5.74, 6) is 0.159. The Bertz CT molecular complexity index is 264. The molecule has 0 bridgehead atoms. The Morgan fingerprint density at radius 3 is 2.14 bits per heavy atom. The summed E-state index contributed by atoms with van der Waals surface area (Å²) in [6.45, 7) is 5.35. The molecule has 0 saturated carbocycles. The van der Waals surface area contributed by atoms with Crippen molar-refractivity contribution in [3.05, 3.63) is 29.8 Å². The van der Waals surface area contributed by atoms with E-state index in [1.54, 1.807) is 24.3 Å². The fraction of sp³-hybridized carbons (Fsp3) is 0.364. The van der Waals surface area contributed by atoms with Gasteiger partial charge in [0, 0.05) is 6.92 Å². The summed E-state index contributed by atoms with van der Waals surface area (Å²) in [5.41, 5.74) is 0.797. The molecule has 1 aromatic carbocycles. The van der Waals surface area contributed by atoms with Gasteiger partial charge < -0.3 is 9.84 Å². The lowest BCUT2D eigenvalue weighted by molar-refractivity contribution is -0.131. The Morgan fingerprint density at radius 2 is 1.79 bits per heavy atom. The van der Waals surface area contributed by atoms with E-state index in [2.05, 4.69) is 0 Å². The summed E-state index contributed by atoms with van der Waals surface area (Å²) in [5, 5.41) is 8.70. The highest BCUT2D eigenvalue weighted by molar-refractivity contribution is 5.69. The number of hydrogen-bond donors (Lipinski definition) is 1. The quantitative estimate of drug-likeness (QED) is 0.582. The number of hydrogen-bond acceptors (Lipinski definition) is 3. The summed E-state index contributed by atoms with van der Waals surface area (Å²) in [6.07, 6.45) is 0. The second-order valence-corrected chi connectivity index (χ2v) is 2.40. The van der Waals surface area contributed by atoms with E-state index < -0.39 is 0 Å². The number of carbonyl (C=O) groups excluding carboxylic acids is 1. The molecule has 0 aliphatic rings. The lowest BCUT2D eigenvalue weighted by Gasteiger charge is -2.00. The molecule has 3 nitrogen and oxygen atoms in total. The molecule has 14 heavy (non-hydrogen) atoms. The maximum absolute atomic E-state index is 10.5. The highest BCUT2D eigenvalue weighted by atomic mass is 16.5. The molecule has 78 valence electrons. The molecule has 0 amide bonds. The van der Waals surface area contributed by atoms with Gasteiger partial charge in [-0.3, -0.25) is 4.79 Å². The van der Waals surface area contributed by atoms with Gasteiger partial charge in [0.25, 0.3) is 0 Å². The van der Waals surface area contributed by atoms with Gasteiger partial charge >= 0.3 is 5.97 Å². The molecule has 0 atom stereocenters. The first-order valence-electron chi connectivity index (χ1n) is 4.60. The SMILES string of the molecule is CC.CC(=O)Oc1ccc(CO)cc1. The van der Waals surface area contributed by atoms with Crippen molar-refractivity contribution in [1.82, 2.24) is 0 Å². The fourth-order valence-corrected chi connectivity index (χ4v) is 0.829. The summed E-state index contributed by atoms with van der Waals surface area (Å²) in [4.78, 5) is 10.5. The highest BCUT2D eigenvalue weighted by Gasteiger charge is 1.96. The number of aliphatic hydroxyl groups is 1. The third-order valence-electron chi connectivity index (χ3n) is 1.37. The van der Waals surface area contributed by atoms with Crippen LogP contribution in [0.4, 0.5) is 0 Å². The van der Waals surface area contributed by atoms with Gasteiger partial charge in [-0.2, -0.15) is 0 Å². The molecule has 1 N–H and O–H groups in total. The summed E-state index contributed by atoms with van der Waals surface area (Å²) < 4.78 is 4.79. The zero-order valence-corrected chi connectivity index (χ0v) is 8.78. The van der Waals surface area contributed by atoms with Crippen molar-refractivity contribution in [2.75, 3.05) is 0 Å². The van der Waals surface area contributed by atoms with Gasteiger partial charge in [-0.25, -0.2) is 0 Å². The van der Waals surface area contributed by atoms with Gasteiger partial charge in [0.15, 0.2) is 0 Å². The fourth-order valence-electron chi connectivity index (χ4n) is 0.829. The van der Waals surface area contributed by atoms with Crippen LogP contribution in [0.15, 0.2) is 24.3 Å². The molecule has 0 aliphatic carbocycles. The average molecular weight is 196 g/mol. The second kappa shape index (κ2) is 7.09. The molecular formula is C11H16O3. The first kappa shape index (κ1) is 12.7. The number of esters is 1. The second-order valence-electron chi connectivity index (χ2n) is 2.40. The van der Waals surface area contributed by atoms with Gasteiger partial charge in [0.1, 0.15) is 5.75 Å². The smallest absolute Gasteiger partial charge is 0.308 e. The van der Waals surface area contributed by atoms with Crippen molar-refractivity contribution < 1.29 is 14.6 Å². The predicted octanol–water partition coefficient (Wildman–Crippen LogP) is 2.13. The summed E-state index contributed by atoms with van der Waals surface area (Å²) >= 11 is 0. The van der Waals surface area contributed by atoms with Gasteiger partial charge in [0.2, 0.25) is 0 Å². The number of rotatable bonds is 2. The van der Waals surface area contributed by atoms with Crippen molar-refractivity contribution in [3.8, 4) is 5.75 Å². The van der Waals surface area contributed by atoms with Crippen LogP contribution in [0.1, 0.15) is 26.3 Å². The third-order valence-corrected chi connectivity index (χ3v) is 1.37. The van der Waals surface area contributed by atoms with Crippen LogP contribution in [0.5, 0.6) is 5.75 Å². The van der Waals surface area contributed by atoms with Crippen LogP contribution < -0.4 is 4.74 Å². The monoisotopic (exact) mass is 196 g/mol. The lowest BCUT2D eigenvalue weighted by atomic mass is 10.2. The van der Waals surface area contributed by atoms with Crippen LogP contribution in [0.3, 0.4) is 0 Å². The summed E-state index contributed by atoms with van der Waals surface area (Å²) in [7, 11) is 0.